The molecule has 0 atom stereocenters. The van der Waals surface area contributed by atoms with Crippen molar-refractivity contribution in [1.29, 1.82) is 0 Å². The number of anilines is 1. The number of carbonyl (C=O) groups excluding carboxylic acids is 1. The van der Waals surface area contributed by atoms with Gasteiger partial charge in [0.15, 0.2) is 0 Å². The minimum atomic E-state index is -0.0992. The largest absolute Gasteiger partial charge is 0.341 e. The average Bonchev–Trinajstić information content (AvgIpc) is 3.07. The summed E-state index contributed by atoms with van der Waals surface area (Å²) in [5, 5.41) is 3.08. The smallest absolute Gasteiger partial charge is 0.328 e. The number of carbonyl (C=O) groups is 1. The van der Waals surface area contributed by atoms with E-state index < -0.39 is 0 Å². The number of benzene rings is 2. The van der Waals surface area contributed by atoms with Gasteiger partial charge in [0.1, 0.15) is 0 Å². The van der Waals surface area contributed by atoms with Gasteiger partial charge in [0.05, 0.1) is 11.0 Å². The van der Waals surface area contributed by atoms with E-state index in [0.717, 1.165) is 49.5 Å². The lowest BCUT2D eigenvalue weighted by Gasteiger charge is -2.41. The van der Waals surface area contributed by atoms with Gasteiger partial charge in [-0.15, -0.1) is 0 Å². The lowest BCUT2D eigenvalue weighted by Crippen LogP contribution is -2.52. The fraction of sp³-hybridized carbons (Fsp3) is 0.391. The topological polar surface area (TPSA) is 53.4 Å². The number of amides is 1. The summed E-state index contributed by atoms with van der Waals surface area (Å²) in [5.41, 5.74) is 3.01. The van der Waals surface area contributed by atoms with Crippen LogP contribution in [0.4, 0.5) is 10.7 Å². The lowest BCUT2D eigenvalue weighted by atomic mass is 10.0. The molecule has 0 aliphatic carbocycles. The highest BCUT2D eigenvalue weighted by molar-refractivity contribution is 5.93. The summed E-state index contributed by atoms with van der Waals surface area (Å²) in [4.78, 5) is 22.2. The molecule has 1 N–H and O–H groups in total. The van der Waals surface area contributed by atoms with Crippen LogP contribution in [-0.4, -0.2) is 60.8 Å². The van der Waals surface area contributed by atoms with E-state index in [0.29, 0.717) is 12.5 Å². The normalized spacial score (nSPS) is 14.4. The first-order chi connectivity index (χ1) is 14.1. The summed E-state index contributed by atoms with van der Waals surface area (Å²) in [5.74, 6) is 1.37. The molecule has 0 radical (unpaired) electrons. The Morgan fingerprint density at radius 2 is 1.83 bits per heavy atom. The number of fused-ring (bicyclic) bond motifs is 1. The molecule has 0 spiro atoms. The Hall–Kier alpha value is -2.86. The van der Waals surface area contributed by atoms with Crippen LogP contribution in [0.2, 0.25) is 0 Å². The van der Waals surface area contributed by atoms with Crippen molar-refractivity contribution < 1.29 is 4.79 Å². The zero-order valence-corrected chi connectivity index (χ0v) is 17.2. The summed E-state index contributed by atoms with van der Waals surface area (Å²) in [6.45, 7) is 3.57. The molecular formula is C23H29N5O. The van der Waals surface area contributed by atoms with Crippen molar-refractivity contribution in [2.75, 3.05) is 45.2 Å². The van der Waals surface area contributed by atoms with Crippen LogP contribution in [0.1, 0.15) is 12.0 Å². The summed E-state index contributed by atoms with van der Waals surface area (Å²) in [6, 6.07) is 18.1. The second-order valence-electron chi connectivity index (χ2n) is 8.09. The number of aryl methyl sites for hydroxylation is 1. The van der Waals surface area contributed by atoms with Crippen LogP contribution in [0.25, 0.3) is 11.0 Å². The first-order valence-corrected chi connectivity index (χ1v) is 10.3. The maximum Gasteiger partial charge on any atom is 0.328 e. The van der Waals surface area contributed by atoms with Crippen molar-refractivity contribution in [2.24, 2.45) is 5.92 Å². The first kappa shape index (κ1) is 19.5. The second kappa shape index (κ2) is 8.66. The van der Waals surface area contributed by atoms with Crippen LogP contribution >= 0.6 is 0 Å². The van der Waals surface area contributed by atoms with Gasteiger partial charge in [-0.1, -0.05) is 42.5 Å². The third kappa shape index (κ3) is 4.43. The molecule has 3 aromatic rings. The number of hydrogen-bond donors (Lipinski definition) is 1. The molecule has 0 saturated carbocycles. The Bertz CT molecular complexity index is 960. The van der Waals surface area contributed by atoms with Gasteiger partial charge in [-0.3, -0.25) is 0 Å². The molecule has 0 unspecified atom stereocenters. The zero-order chi connectivity index (χ0) is 20.2. The van der Waals surface area contributed by atoms with Crippen LogP contribution in [0, 0.1) is 5.92 Å². The molecule has 1 aliphatic rings. The Morgan fingerprint density at radius 1 is 1.10 bits per heavy atom. The van der Waals surface area contributed by atoms with Gasteiger partial charge in [-0.05, 0) is 44.6 Å². The molecule has 6 nitrogen and oxygen atoms in total. The van der Waals surface area contributed by atoms with Gasteiger partial charge >= 0.3 is 6.03 Å². The van der Waals surface area contributed by atoms with E-state index in [4.69, 9.17) is 4.98 Å². The fourth-order valence-corrected chi connectivity index (χ4v) is 4.00. The molecule has 1 saturated heterocycles. The minimum Gasteiger partial charge on any atom is -0.341 e. The van der Waals surface area contributed by atoms with E-state index >= 15 is 0 Å². The van der Waals surface area contributed by atoms with Crippen molar-refractivity contribution in [3.63, 3.8) is 0 Å². The van der Waals surface area contributed by atoms with Crippen LogP contribution in [0.15, 0.2) is 54.6 Å². The van der Waals surface area contributed by atoms with E-state index in [9.17, 15) is 4.79 Å². The van der Waals surface area contributed by atoms with E-state index in [1.165, 1.54) is 5.56 Å². The van der Waals surface area contributed by atoms with Gasteiger partial charge in [0.2, 0.25) is 5.95 Å². The van der Waals surface area contributed by atoms with Crippen molar-refractivity contribution in [3.05, 3.63) is 60.2 Å². The molecule has 1 fully saturated rings. The molecule has 1 aliphatic heterocycles. The fourth-order valence-electron chi connectivity index (χ4n) is 4.00. The van der Waals surface area contributed by atoms with Crippen LogP contribution < -0.4 is 10.2 Å². The highest BCUT2D eigenvalue weighted by Crippen LogP contribution is 2.28. The zero-order valence-electron chi connectivity index (χ0n) is 17.2. The van der Waals surface area contributed by atoms with E-state index in [1.54, 1.807) is 4.57 Å². The third-order valence-corrected chi connectivity index (χ3v) is 5.37. The van der Waals surface area contributed by atoms with Gasteiger partial charge in [0.25, 0.3) is 0 Å². The van der Waals surface area contributed by atoms with Crippen LogP contribution in [0.3, 0.4) is 0 Å². The number of rotatable bonds is 7. The van der Waals surface area contributed by atoms with Crippen LogP contribution in [0.5, 0.6) is 0 Å². The maximum absolute atomic E-state index is 13.0. The maximum atomic E-state index is 13.0. The molecular weight excluding hydrogens is 362 g/mol. The number of hydrogen-bond acceptors (Lipinski definition) is 4. The van der Waals surface area contributed by atoms with Crippen molar-refractivity contribution >= 4 is 23.0 Å². The monoisotopic (exact) mass is 391 g/mol. The first-order valence-electron chi connectivity index (χ1n) is 10.3. The van der Waals surface area contributed by atoms with Crippen LogP contribution in [-0.2, 0) is 6.42 Å². The Labute approximate surface area is 172 Å². The van der Waals surface area contributed by atoms with Crippen molar-refractivity contribution in [2.45, 2.75) is 12.8 Å². The van der Waals surface area contributed by atoms with Crippen molar-refractivity contribution in [3.8, 4) is 0 Å². The lowest BCUT2D eigenvalue weighted by molar-refractivity contribution is 0.242. The molecule has 1 amide bonds. The number of aromatic nitrogens is 2. The Balaban J connectivity index is 1.43. The molecule has 6 heteroatoms. The summed E-state index contributed by atoms with van der Waals surface area (Å²) in [6.07, 6.45) is 1.86. The quantitative estimate of drug-likeness (QED) is 0.629. The van der Waals surface area contributed by atoms with Gasteiger partial charge in [-0.2, -0.15) is 0 Å². The summed E-state index contributed by atoms with van der Waals surface area (Å²) >= 11 is 0. The number of para-hydroxylation sites is 2. The predicted molar refractivity (Wildman–Crippen MR) is 118 cm³/mol. The van der Waals surface area contributed by atoms with E-state index in [1.807, 2.05) is 30.3 Å². The highest BCUT2D eigenvalue weighted by Gasteiger charge is 2.32. The Kier molecular flexibility index (Phi) is 5.81. The SMILES string of the molecule is CN(C)CC1CN(c2nc3ccccc3n2C(=O)NCCCc2ccccc2)C1. The van der Waals surface area contributed by atoms with Crippen molar-refractivity contribution in [1.82, 2.24) is 19.8 Å². The standard InChI is InChI=1S/C23H29N5O/c1-26(2)15-19-16-27(17-19)22-25-20-12-6-7-13-21(20)28(22)23(29)24-14-8-11-18-9-4-3-5-10-18/h3-7,9-10,12-13,19H,8,11,14-17H2,1-2H3,(H,24,29). The predicted octanol–water partition coefficient (Wildman–Crippen LogP) is 3.22. The second-order valence-corrected chi connectivity index (χ2v) is 8.09. The summed E-state index contributed by atoms with van der Waals surface area (Å²) < 4.78 is 1.74. The van der Waals surface area contributed by atoms with Gasteiger partial charge in [-0.25, -0.2) is 14.3 Å². The third-order valence-electron chi connectivity index (χ3n) is 5.37. The number of nitrogens with zero attached hydrogens (tertiary/aromatic N) is 4. The minimum absolute atomic E-state index is 0.0992. The molecule has 0 bridgehead atoms. The summed E-state index contributed by atoms with van der Waals surface area (Å²) in [7, 11) is 4.20. The number of imidazole rings is 1. The van der Waals surface area contributed by atoms with E-state index in [-0.39, 0.29) is 6.03 Å². The van der Waals surface area contributed by atoms with E-state index in [2.05, 4.69) is 53.5 Å². The Morgan fingerprint density at radius 3 is 2.59 bits per heavy atom. The number of nitrogens with one attached hydrogen (secondary N) is 1. The molecule has 2 heterocycles. The molecule has 4 rings (SSSR count). The van der Waals surface area contributed by atoms with Gasteiger partial charge < -0.3 is 15.1 Å². The molecule has 2 aromatic carbocycles. The highest BCUT2D eigenvalue weighted by atomic mass is 16.2. The molecule has 152 valence electrons. The average molecular weight is 392 g/mol. The van der Waals surface area contributed by atoms with Gasteiger partial charge in [0, 0.05) is 32.1 Å². The molecule has 29 heavy (non-hydrogen) atoms. The molecule has 1 aromatic heterocycles.